The Morgan fingerprint density at radius 3 is 2.37 bits per heavy atom. The highest BCUT2D eigenvalue weighted by Gasteiger charge is 2.11. The minimum absolute atomic E-state index is 0.881. The Hall–Kier alpha value is -1.97. The summed E-state index contributed by atoms with van der Waals surface area (Å²) in [5.74, 6) is 0.881. The standard InChI is InChI=1S/C15H20N4/c1-12-11-18(2)15(16-12)17-13-5-7-14(8-6-13)19-9-3-4-10-19/h5-8,11H,3-4,9-10H2,1-2H3,(H,16,17). The first-order chi connectivity index (χ1) is 9.22. The minimum atomic E-state index is 0.881. The van der Waals surface area contributed by atoms with Crippen LogP contribution in [0.3, 0.4) is 0 Å². The van der Waals surface area contributed by atoms with Gasteiger partial charge in [-0.05, 0) is 44.0 Å². The first-order valence-corrected chi connectivity index (χ1v) is 6.84. The Morgan fingerprint density at radius 2 is 1.79 bits per heavy atom. The van der Waals surface area contributed by atoms with Crippen LogP contribution < -0.4 is 10.2 Å². The van der Waals surface area contributed by atoms with Crippen LogP contribution in [0.25, 0.3) is 0 Å². The maximum atomic E-state index is 4.45. The highest BCUT2D eigenvalue weighted by molar-refractivity contribution is 5.59. The van der Waals surface area contributed by atoms with Crippen molar-refractivity contribution in [3.8, 4) is 0 Å². The maximum Gasteiger partial charge on any atom is 0.207 e. The van der Waals surface area contributed by atoms with E-state index in [2.05, 4.69) is 39.5 Å². The molecule has 1 saturated heterocycles. The van der Waals surface area contributed by atoms with Gasteiger partial charge in [0.1, 0.15) is 0 Å². The normalized spacial score (nSPS) is 14.9. The Labute approximate surface area is 114 Å². The average molecular weight is 256 g/mol. The van der Waals surface area contributed by atoms with Gasteiger partial charge in [-0.3, -0.25) is 0 Å². The highest BCUT2D eigenvalue weighted by Crippen LogP contribution is 2.23. The fourth-order valence-electron chi connectivity index (χ4n) is 2.59. The minimum Gasteiger partial charge on any atom is -0.372 e. The van der Waals surface area contributed by atoms with Crippen molar-refractivity contribution in [3.05, 3.63) is 36.2 Å². The summed E-state index contributed by atoms with van der Waals surface area (Å²) >= 11 is 0. The van der Waals surface area contributed by atoms with Crippen LogP contribution in [0.1, 0.15) is 18.5 Å². The maximum absolute atomic E-state index is 4.45. The van der Waals surface area contributed by atoms with Gasteiger partial charge in [-0.25, -0.2) is 4.98 Å². The van der Waals surface area contributed by atoms with Crippen molar-refractivity contribution in [3.63, 3.8) is 0 Å². The van der Waals surface area contributed by atoms with Crippen molar-refractivity contribution in [2.24, 2.45) is 7.05 Å². The molecule has 1 aliphatic heterocycles. The molecular weight excluding hydrogens is 236 g/mol. The molecule has 1 N–H and O–H groups in total. The number of aromatic nitrogens is 2. The number of aryl methyl sites for hydroxylation is 2. The second kappa shape index (κ2) is 4.96. The Balaban J connectivity index is 1.73. The Morgan fingerprint density at radius 1 is 1.11 bits per heavy atom. The van der Waals surface area contributed by atoms with Crippen molar-refractivity contribution in [1.29, 1.82) is 0 Å². The second-order valence-corrected chi connectivity index (χ2v) is 5.18. The van der Waals surface area contributed by atoms with Crippen molar-refractivity contribution < 1.29 is 0 Å². The lowest BCUT2D eigenvalue weighted by molar-refractivity contribution is 0.923. The highest BCUT2D eigenvalue weighted by atomic mass is 15.2. The van der Waals surface area contributed by atoms with E-state index in [0.29, 0.717) is 0 Å². The molecule has 2 heterocycles. The van der Waals surface area contributed by atoms with Crippen LogP contribution in [0.15, 0.2) is 30.5 Å². The van der Waals surface area contributed by atoms with E-state index in [4.69, 9.17) is 0 Å². The summed E-state index contributed by atoms with van der Waals surface area (Å²) in [6, 6.07) is 8.61. The van der Waals surface area contributed by atoms with Crippen molar-refractivity contribution in [2.75, 3.05) is 23.3 Å². The summed E-state index contributed by atoms with van der Waals surface area (Å²) in [5, 5.41) is 3.34. The molecule has 0 saturated carbocycles. The third kappa shape index (κ3) is 2.57. The predicted octanol–water partition coefficient (Wildman–Crippen LogP) is 3.07. The molecule has 4 nitrogen and oxygen atoms in total. The van der Waals surface area contributed by atoms with Crippen molar-refractivity contribution in [1.82, 2.24) is 9.55 Å². The van der Waals surface area contributed by atoms with E-state index in [9.17, 15) is 0 Å². The topological polar surface area (TPSA) is 33.1 Å². The molecule has 0 radical (unpaired) electrons. The van der Waals surface area contributed by atoms with Crippen LogP contribution in [0.2, 0.25) is 0 Å². The molecule has 19 heavy (non-hydrogen) atoms. The van der Waals surface area contributed by atoms with Gasteiger partial charge in [0.2, 0.25) is 5.95 Å². The number of anilines is 3. The first-order valence-electron chi connectivity index (χ1n) is 6.84. The molecule has 1 aromatic heterocycles. The molecule has 1 aromatic carbocycles. The van der Waals surface area contributed by atoms with E-state index in [0.717, 1.165) is 17.3 Å². The van der Waals surface area contributed by atoms with Gasteiger partial charge in [0.05, 0.1) is 5.69 Å². The van der Waals surface area contributed by atoms with Crippen molar-refractivity contribution >= 4 is 17.3 Å². The molecule has 1 fully saturated rings. The molecule has 0 spiro atoms. The number of nitrogens with one attached hydrogen (secondary N) is 1. The molecule has 3 rings (SSSR count). The summed E-state index contributed by atoms with van der Waals surface area (Å²) < 4.78 is 2.00. The predicted molar refractivity (Wildman–Crippen MR) is 79.1 cm³/mol. The molecule has 100 valence electrons. The summed E-state index contributed by atoms with van der Waals surface area (Å²) in [6.07, 6.45) is 4.64. The Kier molecular flexibility index (Phi) is 3.15. The lowest BCUT2D eigenvalue weighted by atomic mass is 10.2. The lowest BCUT2D eigenvalue weighted by Crippen LogP contribution is -2.17. The van der Waals surface area contributed by atoms with Crippen LogP contribution in [-0.2, 0) is 7.05 Å². The number of imidazole rings is 1. The van der Waals surface area contributed by atoms with Gasteiger partial charge < -0.3 is 14.8 Å². The van der Waals surface area contributed by atoms with Crippen LogP contribution in [0, 0.1) is 6.92 Å². The lowest BCUT2D eigenvalue weighted by Gasteiger charge is -2.17. The zero-order valence-electron chi connectivity index (χ0n) is 11.6. The van der Waals surface area contributed by atoms with Crippen LogP contribution in [0.5, 0.6) is 0 Å². The van der Waals surface area contributed by atoms with Crippen LogP contribution >= 0.6 is 0 Å². The molecule has 0 bridgehead atoms. The smallest absolute Gasteiger partial charge is 0.207 e. The van der Waals surface area contributed by atoms with Gasteiger partial charge in [0, 0.05) is 37.7 Å². The molecule has 0 unspecified atom stereocenters. The average Bonchev–Trinajstić information content (AvgIpc) is 3.01. The summed E-state index contributed by atoms with van der Waals surface area (Å²) in [6.45, 7) is 4.37. The van der Waals surface area contributed by atoms with Gasteiger partial charge in [-0.1, -0.05) is 0 Å². The molecule has 2 aromatic rings. The monoisotopic (exact) mass is 256 g/mol. The summed E-state index contributed by atoms with van der Waals surface area (Å²) in [7, 11) is 2.00. The SMILES string of the molecule is Cc1cn(C)c(Nc2ccc(N3CCCC3)cc2)n1. The fourth-order valence-corrected chi connectivity index (χ4v) is 2.59. The molecule has 0 atom stereocenters. The van der Waals surface area contributed by atoms with E-state index in [1.54, 1.807) is 0 Å². The van der Waals surface area contributed by atoms with Crippen molar-refractivity contribution in [2.45, 2.75) is 19.8 Å². The fraction of sp³-hybridized carbons (Fsp3) is 0.400. The molecule has 4 heteroatoms. The number of hydrogen-bond donors (Lipinski definition) is 1. The van der Waals surface area contributed by atoms with E-state index in [1.807, 2.05) is 24.7 Å². The zero-order valence-corrected chi connectivity index (χ0v) is 11.6. The number of benzene rings is 1. The molecule has 0 amide bonds. The van der Waals surface area contributed by atoms with Gasteiger partial charge >= 0.3 is 0 Å². The number of rotatable bonds is 3. The first kappa shape index (κ1) is 12.1. The van der Waals surface area contributed by atoms with E-state index in [1.165, 1.54) is 31.6 Å². The van der Waals surface area contributed by atoms with Gasteiger partial charge in [-0.15, -0.1) is 0 Å². The quantitative estimate of drug-likeness (QED) is 0.916. The summed E-state index contributed by atoms with van der Waals surface area (Å²) in [5.41, 5.74) is 3.43. The van der Waals surface area contributed by atoms with E-state index >= 15 is 0 Å². The van der Waals surface area contributed by atoms with E-state index < -0.39 is 0 Å². The molecular formula is C15H20N4. The molecule has 1 aliphatic rings. The third-order valence-electron chi connectivity index (χ3n) is 3.59. The zero-order chi connectivity index (χ0) is 13.2. The van der Waals surface area contributed by atoms with Gasteiger partial charge in [0.15, 0.2) is 0 Å². The third-order valence-corrected chi connectivity index (χ3v) is 3.59. The van der Waals surface area contributed by atoms with Crippen LogP contribution in [0.4, 0.5) is 17.3 Å². The van der Waals surface area contributed by atoms with Crippen LogP contribution in [-0.4, -0.2) is 22.6 Å². The second-order valence-electron chi connectivity index (χ2n) is 5.18. The van der Waals surface area contributed by atoms with Gasteiger partial charge in [0.25, 0.3) is 0 Å². The summed E-state index contributed by atoms with van der Waals surface area (Å²) in [4.78, 5) is 6.89. The number of hydrogen-bond acceptors (Lipinski definition) is 3. The molecule has 0 aliphatic carbocycles. The Bertz CT molecular complexity index is 550. The van der Waals surface area contributed by atoms with Gasteiger partial charge in [-0.2, -0.15) is 0 Å². The largest absolute Gasteiger partial charge is 0.372 e. The number of nitrogens with zero attached hydrogens (tertiary/aromatic N) is 3. The van der Waals surface area contributed by atoms with E-state index in [-0.39, 0.29) is 0 Å².